The van der Waals surface area contributed by atoms with E-state index in [4.69, 9.17) is 9.47 Å². The number of esters is 2. The van der Waals surface area contributed by atoms with Crippen LogP contribution in [0.2, 0.25) is 0 Å². The van der Waals surface area contributed by atoms with Crippen LogP contribution < -0.4 is 9.64 Å². The highest BCUT2D eigenvalue weighted by Gasteiger charge is 2.37. The van der Waals surface area contributed by atoms with Gasteiger partial charge in [0, 0.05) is 24.2 Å². The van der Waals surface area contributed by atoms with Gasteiger partial charge in [0.05, 0.1) is 5.92 Å². The number of benzene rings is 2. The molecule has 1 aromatic heterocycles. The summed E-state index contributed by atoms with van der Waals surface area (Å²) in [5, 5.41) is 1.78. The van der Waals surface area contributed by atoms with Crippen molar-refractivity contribution in [2.24, 2.45) is 5.92 Å². The second-order valence-corrected chi connectivity index (χ2v) is 8.99. The molecule has 7 nitrogen and oxygen atoms in total. The molecule has 0 aliphatic carbocycles. The summed E-state index contributed by atoms with van der Waals surface area (Å²) in [5.41, 5.74) is 3.17. The van der Waals surface area contributed by atoms with E-state index >= 15 is 0 Å². The Bertz CT molecular complexity index is 1230. The molecule has 0 unspecified atom stereocenters. The predicted octanol–water partition coefficient (Wildman–Crippen LogP) is 4.36. The lowest BCUT2D eigenvalue weighted by Gasteiger charge is -2.20. The van der Waals surface area contributed by atoms with Gasteiger partial charge in [-0.05, 0) is 66.8 Å². The van der Waals surface area contributed by atoms with E-state index in [9.17, 15) is 19.2 Å². The fraction of sp³-hybridized carbons (Fsp3) is 0.231. The molecular formula is C26H23NO6S. The summed E-state index contributed by atoms with van der Waals surface area (Å²) in [6.45, 7) is 3.70. The van der Waals surface area contributed by atoms with E-state index < -0.39 is 24.5 Å². The number of ketones is 1. The molecule has 8 heteroatoms. The normalized spacial score (nSPS) is 15.3. The molecule has 3 aromatic rings. The zero-order valence-electron chi connectivity index (χ0n) is 18.8. The molecule has 1 saturated heterocycles. The van der Waals surface area contributed by atoms with Gasteiger partial charge in [-0.3, -0.25) is 14.4 Å². The third-order valence-corrected chi connectivity index (χ3v) is 6.63. The average Bonchev–Trinajstić information content (AvgIpc) is 3.50. The zero-order valence-corrected chi connectivity index (χ0v) is 19.6. The van der Waals surface area contributed by atoms with Gasteiger partial charge in [0.1, 0.15) is 10.6 Å². The van der Waals surface area contributed by atoms with Crippen LogP contribution in [0.25, 0.3) is 0 Å². The molecule has 0 bridgehead atoms. The van der Waals surface area contributed by atoms with Crippen LogP contribution in [0.1, 0.15) is 37.6 Å². The molecule has 1 aliphatic rings. The van der Waals surface area contributed by atoms with E-state index in [1.54, 1.807) is 22.4 Å². The third kappa shape index (κ3) is 5.07. The summed E-state index contributed by atoms with van der Waals surface area (Å²) in [4.78, 5) is 51.6. The van der Waals surface area contributed by atoms with E-state index in [1.165, 1.54) is 35.6 Å². The van der Waals surface area contributed by atoms with Crippen molar-refractivity contribution >= 4 is 40.7 Å². The summed E-state index contributed by atoms with van der Waals surface area (Å²) in [7, 11) is 0. The van der Waals surface area contributed by atoms with Gasteiger partial charge in [-0.2, -0.15) is 0 Å². The zero-order chi connectivity index (χ0) is 24.2. The molecule has 0 radical (unpaired) electrons. The summed E-state index contributed by atoms with van der Waals surface area (Å²) in [5.74, 6) is -1.89. The summed E-state index contributed by atoms with van der Waals surface area (Å²) < 4.78 is 10.5. The molecule has 1 fully saturated rings. The van der Waals surface area contributed by atoms with Crippen molar-refractivity contribution in [2.75, 3.05) is 18.1 Å². The lowest BCUT2D eigenvalue weighted by Crippen LogP contribution is -2.27. The number of Topliss-reactive ketones (excluding diaryl/α,β-unsaturated/α-hetero) is 1. The number of aryl methyl sites for hydroxylation is 1. The number of carbonyl (C=O) groups is 4. The van der Waals surface area contributed by atoms with E-state index in [1.807, 2.05) is 32.0 Å². The van der Waals surface area contributed by atoms with Gasteiger partial charge in [-0.15, -0.1) is 11.3 Å². The smallest absolute Gasteiger partial charge is 0.353 e. The molecule has 174 valence electrons. The van der Waals surface area contributed by atoms with Crippen LogP contribution in [0.15, 0.2) is 60.0 Å². The van der Waals surface area contributed by atoms with Crippen molar-refractivity contribution in [3.8, 4) is 5.75 Å². The highest BCUT2D eigenvalue weighted by Crippen LogP contribution is 2.30. The number of carbonyl (C=O) groups excluding carboxylic acids is 4. The van der Waals surface area contributed by atoms with Crippen molar-refractivity contribution in [2.45, 2.75) is 20.3 Å². The quantitative estimate of drug-likeness (QED) is 0.285. The largest absolute Gasteiger partial charge is 0.457 e. The number of ether oxygens (including phenoxy) is 2. The number of thiophene rings is 1. The van der Waals surface area contributed by atoms with Crippen LogP contribution >= 0.6 is 11.3 Å². The molecule has 34 heavy (non-hydrogen) atoms. The Labute approximate surface area is 200 Å². The Hall–Kier alpha value is -3.78. The minimum atomic E-state index is -0.626. The van der Waals surface area contributed by atoms with Gasteiger partial charge in [-0.25, -0.2) is 4.79 Å². The Kier molecular flexibility index (Phi) is 6.88. The van der Waals surface area contributed by atoms with Gasteiger partial charge in [-0.1, -0.05) is 18.2 Å². The number of anilines is 1. The molecule has 0 N–H and O–H groups in total. The Morgan fingerprint density at radius 3 is 2.50 bits per heavy atom. The van der Waals surface area contributed by atoms with Crippen LogP contribution in [0, 0.1) is 19.8 Å². The standard InChI is InChI=1S/C26H23NO6S/c1-16-5-3-6-21(17(16)2)27-14-19(13-24(27)29)25(30)32-15-22(28)18-8-10-20(11-9-18)33-26(31)23-7-4-12-34-23/h3-12,19H,13-15H2,1-2H3/t19-/m1/s1. The molecular weight excluding hydrogens is 454 g/mol. The van der Waals surface area contributed by atoms with E-state index in [2.05, 4.69) is 0 Å². The minimum absolute atomic E-state index is 0.0463. The molecule has 2 aromatic carbocycles. The lowest BCUT2D eigenvalue weighted by molar-refractivity contribution is -0.147. The molecule has 1 aliphatic heterocycles. The monoisotopic (exact) mass is 477 g/mol. The van der Waals surface area contributed by atoms with Crippen molar-refractivity contribution in [1.29, 1.82) is 0 Å². The summed E-state index contributed by atoms with van der Waals surface area (Å²) in [6.07, 6.45) is 0.0463. The maximum atomic E-state index is 12.5. The van der Waals surface area contributed by atoms with E-state index in [0.29, 0.717) is 16.2 Å². The SMILES string of the molecule is Cc1cccc(N2C[C@H](C(=O)OCC(=O)c3ccc(OC(=O)c4cccs4)cc3)CC2=O)c1C. The van der Waals surface area contributed by atoms with Gasteiger partial charge < -0.3 is 14.4 Å². The van der Waals surface area contributed by atoms with E-state index in [-0.39, 0.29) is 24.7 Å². The fourth-order valence-corrected chi connectivity index (χ4v) is 4.32. The van der Waals surface area contributed by atoms with Gasteiger partial charge in [0.25, 0.3) is 0 Å². The van der Waals surface area contributed by atoms with Crippen molar-refractivity contribution in [3.05, 3.63) is 81.5 Å². The average molecular weight is 478 g/mol. The predicted molar refractivity (Wildman–Crippen MR) is 127 cm³/mol. The fourth-order valence-electron chi connectivity index (χ4n) is 3.73. The van der Waals surface area contributed by atoms with Crippen LogP contribution in [-0.4, -0.2) is 36.8 Å². The highest BCUT2D eigenvalue weighted by atomic mass is 32.1. The Balaban J connectivity index is 1.30. The van der Waals surface area contributed by atoms with Gasteiger partial charge in [0.15, 0.2) is 12.4 Å². The number of hydrogen-bond acceptors (Lipinski definition) is 7. The van der Waals surface area contributed by atoms with Crippen LogP contribution in [0.4, 0.5) is 5.69 Å². The van der Waals surface area contributed by atoms with Crippen molar-refractivity contribution in [1.82, 2.24) is 0 Å². The second-order valence-electron chi connectivity index (χ2n) is 8.05. The van der Waals surface area contributed by atoms with Gasteiger partial charge in [0.2, 0.25) is 5.91 Å². The molecule has 1 amide bonds. The first-order valence-electron chi connectivity index (χ1n) is 10.8. The van der Waals surface area contributed by atoms with Crippen LogP contribution in [0.5, 0.6) is 5.75 Å². The first kappa shape index (κ1) is 23.4. The molecule has 2 heterocycles. The maximum absolute atomic E-state index is 12.5. The van der Waals surface area contributed by atoms with Crippen molar-refractivity contribution < 1.29 is 28.7 Å². The number of rotatable bonds is 7. The third-order valence-electron chi connectivity index (χ3n) is 5.78. The first-order chi connectivity index (χ1) is 16.3. The molecule has 0 saturated carbocycles. The summed E-state index contributed by atoms with van der Waals surface area (Å²) >= 11 is 1.28. The molecule has 0 spiro atoms. The minimum Gasteiger partial charge on any atom is -0.457 e. The number of nitrogens with zero attached hydrogens (tertiary/aromatic N) is 1. The number of hydrogen-bond donors (Lipinski definition) is 0. The maximum Gasteiger partial charge on any atom is 0.353 e. The lowest BCUT2D eigenvalue weighted by atomic mass is 10.1. The first-order valence-corrected chi connectivity index (χ1v) is 11.6. The molecule has 1 atom stereocenters. The van der Waals surface area contributed by atoms with Crippen molar-refractivity contribution in [3.63, 3.8) is 0 Å². The second kappa shape index (κ2) is 10.0. The van der Waals surface area contributed by atoms with E-state index in [0.717, 1.165) is 16.8 Å². The molecule has 4 rings (SSSR count). The van der Waals surface area contributed by atoms with Crippen LogP contribution in [0.3, 0.4) is 0 Å². The topological polar surface area (TPSA) is 90.0 Å². The summed E-state index contributed by atoms with van der Waals surface area (Å²) in [6, 6.07) is 15.2. The highest BCUT2D eigenvalue weighted by molar-refractivity contribution is 7.12. The Morgan fingerprint density at radius 2 is 1.79 bits per heavy atom. The Morgan fingerprint density at radius 1 is 1.03 bits per heavy atom. The van der Waals surface area contributed by atoms with Crippen LogP contribution in [-0.2, 0) is 14.3 Å². The van der Waals surface area contributed by atoms with Gasteiger partial charge >= 0.3 is 11.9 Å². The number of amides is 1.